The molecule has 0 aliphatic heterocycles. The zero-order valence-electron chi connectivity index (χ0n) is 11.9. The van der Waals surface area contributed by atoms with Crippen molar-refractivity contribution in [2.24, 2.45) is 0 Å². The Kier molecular flexibility index (Phi) is 5.44. The van der Waals surface area contributed by atoms with Crippen LogP contribution in [-0.4, -0.2) is 16.5 Å². The van der Waals surface area contributed by atoms with E-state index in [1.54, 1.807) is 0 Å². The minimum Gasteiger partial charge on any atom is -0.369 e. The van der Waals surface area contributed by atoms with E-state index >= 15 is 0 Å². The maximum absolute atomic E-state index is 13.7. The van der Waals surface area contributed by atoms with Gasteiger partial charge in [-0.2, -0.15) is 0 Å². The van der Waals surface area contributed by atoms with Crippen LogP contribution < -0.4 is 5.32 Å². The van der Waals surface area contributed by atoms with E-state index in [1.807, 2.05) is 13.8 Å². The van der Waals surface area contributed by atoms with Gasteiger partial charge in [0.1, 0.15) is 23.3 Å². The second kappa shape index (κ2) is 7.11. The lowest BCUT2D eigenvalue weighted by molar-refractivity contribution is 0.573. The van der Waals surface area contributed by atoms with Crippen molar-refractivity contribution in [3.63, 3.8) is 0 Å². The number of halogens is 3. The molecule has 3 nitrogen and oxygen atoms in total. The Bertz CT molecular complexity index is 647. The van der Waals surface area contributed by atoms with Crippen molar-refractivity contribution in [1.29, 1.82) is 0 Å². The summed E-state index contributed by atoms with van der Waals surface area (Å²) in [6.45, 7) is 4.76. The largest absolute Gasteiger partial charge is 0.369 e. The summed E-state index contributed by atoms with van der Waals surface area (Å²) in [5, 5.41) is 3.19. The molecule has 0 fully saturated rings. The first-order valence-corrected chi connectivity index (χ1v) is 7.86. The molecule has 0 spiro atoms. The van der Waals surface area contributed by atoms with E-state index in [2.05, 4.69) is 37.9 Å². The van der Waals surface area contributed by atoms with Gasteiger partial charge >= 0.3 is 0 Å². The number of rotatable bonds is 5. The number of anilines is 1. The van der Waals surface area contributed by atoms with Crippen molar-refractivity contribution in [2.45, 2.75) is 26.7 Å². The lowest BCUT2D eigenvalue weighted by Gasteiger charge is -2.11. The van der Waals surface area contributed by atoms with Gasteiger partial charge in [-0.3, -0.25) is 0 Å². The topological polar surface area (TPSA) is 37.8 Å². The minimum absolute atomic E-state index is 0.244. The van der Waals surface area contributed by atoms with Crippen molar-refractivity contribution in [3.8, 4) is 0 Å². The molecule has 21 heavy (non-hydrogen) atoms. The fourth-order valence-electron chi connectivity index (χ4n) is 1.98. The zero-order chi connectivity index (χ0) is 15.4. The molecule has 2 rings (SSSR count). The molecule has 2 aromatic rings. The Hall–Kier alpha value is -1.31. The summed E-state index contributed by atoms with van der Waals surface area (Å²) in [7, 11) is 0. The molecule has 1 aromatic carbocycles. The molecule has 0 aliphatic carbocycles. The standard InChI is InChI=1S/C15H16F2IN3/c1-3-12-14(18)15(19-4-2)21-13(20-12)7-9-5-6-10(16)8-11(9)17/h5-6,8H,3-4,7H2,1-2H3,(H,19,20,21). The van der Waals surface area contributed by atoms with Crippen LogP contribution in [0.25, 0.3) is 0 Å². The fraction of sp³-hybridized carbons (Fsp3) is 0.333. The molecule has 0 aliphatic rings. The Balaban J connectivity index is 2.37. The van der Waals surface area contributed by atoms with Crippen LogP contribution in [0, 0.1) is 15.2 Å². The van der Waals surface area contributed by atoms with Gasteiger partial charge in [0, 0.05) is 19.0 Å². The Labute approximate surface area is 136 Å². The second-order valence-corrected chi connectivity index (χ2v) is 5.62. The summed E-state index contributed by atoms with van der Waals surface area (Å²) >= 11 is 2.21. The Morgan fingerprint density at radius 3 is 2.57 bits per heavy atom. The van der Waals surface area contributed by atoms with Crippen molar-refractivity contribution in [3.05, 3.63) is 50.5 Å². The van der Waals surface area contributed by atoms with E-state index in [-0.39, 0.29) is 6.42 Å². The van der Waals surface area contributed by atoms with Gasteiger partial charge in [0.15, 0.2) is 0 Å². The summed E-state index contributed by atoms with van der Waals surface area (Å²) in [4.78, 5) is 8.91. The van der Waals surface area contributed by atoms with E-state index in [1.165, 1.54) is 12.1 Å². The summed E-state index contributed by atoms with van der Waals surface area (Å²) in [5.41, 5.74) is 1.32. The first-order valence-electron chi connectivity index (χ1n) is 6.78. The van der Waals surface area contributed by atoms with Gasteiger partial charge in [-0.15, -0.1) is 0 Å². The minimum atomic E-state index is -0.581. The third-order valence-electron chi connectivity index (χ3n) is 3.01. The molecule has 112 valence electrons. The molecule has 0 saturated heterocycles. The van der Waals surface area contributed by atoms with Crippen LogP contribution in [0.4, 0.5) is 14.6 Å². The van der Waals surface area contributed by atoms with Gasteiger partial charge in [-0.1, -0.05) is 13.0 Å². The molecule has 0 bridgehead atoms. The molecule has 0 atom stereocenters. The van der Waals surface area contributed by atoms with Crippen LogP contribution in [-0.2, 0) is 12.8 Å². The molecule has 0 unspecified atom stereocenters. The highest BCUT2D eigenvalue weighted by Gasteiger charge is 2.13. The van der Waals surface area contributed by atoms with Gasteiger partial charge in [0.05, 0.1) is 9.26 Å². The monoisotopic (exact) mass is 403 g/mol. The lowest BCUT2D eigenvalue weighted by Crippen LogP contribution is -2.10. The highest BCUT2D eigenvalue weighted by molar-refractivity contribution is 14.1. The highest BCUT2D eigenvalue weighted by atomic mass is 127. The van der Waals surface area contributed by atoms with E-state index in [0.29, 0.717) is 11.4 Å². The van der Waals surface area contributed by atoms with E-state index in [4.69, 9.17) is 0 Å². The molecule has 0 saturated carbocycles. The predicted molar refractivity (Wildman–Crippen MR) is 87.5 cm³/mol. The first-order chi connectivity index (χ1) is 10.0. The SMILES string of the molecule is CCNc1nc(Cc2ccc(F)cc2F)nc(CC)c1I. The summed E-state index contributed by atoms with van der Waals surface area (Å²) in [6, 6.07) is 3.57. The van der Waals surface area contributed by atoms with Crippen molar-refractivity contribution in [1.82, 2.24) is 9.97 Å². The second-order valence-electron chi connectivity index (χ2n) is 4.55. The van der Waals surface area contributed by atoms with E-state index in [9.17, 15) is 8.78 Å². The molecule has 1 heterocycles. The van der Waals surface area contributed by atoms with Crippen LogP contribution >= 0.6 is 22.6 Å². The van der Waals surface area contributed by atoms with Crippen molar-refractivity contribution >= 4 is 28.4 Å². The third-order valence-corrected chi connectivity index (χ3v) is 4.14. The number of benzene rings is 1. The van der Waals surface area contributed by atoms with Crippen LogP contribution in [0.5, 0.6) is 0 Å². The number of hydrogen-bond acceptors (Lipinski definition) is 3. The average molecular weight is 403 g/mol. The Morgan fingerprint density at radius 2 is 1.95 bits per heavy atom. The summed E-state index contributed by atoms with van der Waals surface area (Å²) < 4.78 is 27.7. The van der Waals surface area contributed by atoms with Crippen molar-refractivity contribution < 1.29 is 8.78 Å². The van der Waals surface area contributed by atoms with Crippen LogP contribution in [0.2, 0.25) is 0 Å². The highest BCUT2D eigenvalue weighted by Crippen LogP contribution is 2.21. The Morgan fingerprint density at radius 1 is 1.19 bits per heavy atom. The number of aromatic nitrogens is 2. The van der Waals surface area contributed by atoms with Gasteiger partial charge in [0.25, 0.3) is 0 Å². The number of nitrogens with zero attached hydrogens (tertiary/aromatic N) is 2. The molecule has 1 aromatic heterocycles. The molecule has 6 heteroatoms. The normalized spacial score (nSPS) is 10.7. The average Bonchev–Trinajstić information content (AvgIpc) is 2.45. The summed E-state index contributed by atoms with van der Waals surface area (Å²) in [6.07, 6.45) is 1.02. The molecular weight excluding hydrogens is 387 g/mol. The molecule has 0 amide bonds. The number of nitrogens with one attached hydrogen (secondary N) is 1. The molecular formula is C15H16F2IN3. The quantitative estimate of drug-likeness (QED) is 0.769. The van der Waals surface area contributed by atoms with E-state index in [0.717, 1.165) is 34.1 Å². The summed E-state index contributed by atoms with van der Waals surface area (Å²) in [5.74, 6) is 0.152. The lowest BCUT2D eigenvalue weighted by atomic mass is 10.1. The van der Waals surface area contributed by atoms with Crippen LogP contribution in [0.15, 0.2) is 18.2 Å². The predicted octanol–water partition coefficient (Wildman–Crippen LogP) is 3.94. The maximum Gasteiger partial charge on any atom is 0.143 e. The maximum atomic E-state index is 13.7. The van der Waals surface area contributed by atoms with Crippen LogP contribution in [0.3, 0.4) is 0 Å². The molecule has 1 N–H and O–H groups in total. The van der Waals surface area contributed by atoms with E-state index < -0.39 is 11.6 Å². The van der Waals surface area contributed by atoms with Gasteiger partial charge in [-0.05, 0) is 47.6 Å². The van der Waals surface area contributed by atoms with Gasteiger partial charge in [0.2, 0.25) is 0 Å². The fourth-order valence-corrected chi connectivity index (χ4v) is 2.79. The first kappa shape index (κ1) is 16.1. The smallest absolute Gasteiger partial charge is 0.143 e. The molecule has 0 radical (unpaired) electrons. The number of aryl methyl sites for hydroxylation is 1. The third kappa shape index (κ3) is 3.87. The number of hydrogen-bond donors (Lipinski definition) is 1. The van der Waals surface area contributed by atoms with Gasteiger partial charge < -0.3 is 5.32 Å². The van der Waals surface area contributed by atoms with Crippen molar-refractivity contribution in [2.75, 3.05) is 11.9 Å². The van der Waals surface area contributed by atoms with Gasteiger partial charge in [-0.25, -0.2) is 18.7 Å². The zero-order valence-corrected chi connectivity index (χ0v) is 14.0. The van der Waals surface area contributed by atoms with Crippen LogP contribution in [0.1, 0.15) is 30.9 Å².